The van der Waals surface area contributed by atoms with Crippen molar-refractivity contribution in [1.82, 2.24) is 5.32 Å². The van der Waals surface area contributed by atoms with E-state index in [1.54, 1.807) is 6.08 Å². The molecule has 1 aliphatic rings. The molecule has 1 fully saturated rings. The zero-order valence-corrected chi connectivity index (χ0v) is 14.3. The fraction of sp³-hybridized carbons (Fsp3) is 0.118. The number of nitrogens with zero attached hydrogens (tertiary/aromatic N) is 1. The predicted octanol–water partition coefficient (Wildman–Crippen LogP) is 3.20. The van der Waals surface area contributed by atoms with Crippen molar-refractivity contribution >= 4 is 52.2 Å². The smallest absolute Gasteiger partial charge is 0.270 e. The van der Waals surface area contributed by atoms with Gasteiger partial charge in [-0.2, -0.15) is 0 Å². The number of aryl methyl sites for hydroxylation is 2. The lowest BCUT2D eigenvalue weighted by Crippen LogP contribution is -2.54. The topological polar surface area (TPSA) is 49.4 Å². The number of thiophene rings is 1. The van der Waals surface area contributed by atoms with Crippen molar-refractivity contribution in [2.75, 3.05) is 4.90 Å². The molecule has 0 unspecified atom stereocenters. The van der Waals surface area contributed by atoms with Crippen LogP contribution in [0.25, 0.3) is 6.08 Å². The van der Waals surface area contributed by atoms with E-state index < -0.39 is 11.8 Å². The van der Waals surface area contributed by atoms with Gasteiger partial charge in [0.2, 0.25) is 0 Å². The summed E-state index contributed by atoms with van der Waals surface area (Å²) in [5, 5.41) is 4.63. The highest BCUT2D eigenvalue weighted by Crippen LogP contribution is 2.26. The number of amides is 2. The molecule has 1 saturated heterocycles. The summed E-state index contributed by atoms with van der Waals surface area (Å²) in [5.41, 5.74) is 2.70. The minimum atomic E-state index is -0.461. The van der Waals surface area contributed by atoms with Crippen molar-refractivity contribution in [1.29, 1.82) is 0 Å². The van der Waals surface area contributed by atoms with E-state index in [2.05, 4.69) is 5.32 Å². The number of nitrogens with one attached hydrogen (secondary N) is 1. The lowest BCUT2D eigenvalue weighted by molar-refractivity contribution is -0.122. The van der Waals surface area contributed by atoms with E-state index in [1.807, 2.05) is 49.6 Å². The van der Waals surface area contributed by atoms with Crippen LogP contribution in [0.3, 0.4) is 0 Å². The Morgan fingerprint density at radius 1 is 1.13 bits per heavy atom. The molecular formula is C17H14N2O2S2. The second-order valence-corrected chi connectivity index (χ2v) is 6.55. The summed E-state index contributed by atoms with van der Waals surface area (Å²) >= 11 is 6.69. The molecule has 116 valence electrons. The van der Waals surface area contributed by atoms with E-state index in [9.17, 15) is 9.59 Å². The number of rotatable bonds is 2. The maximum Gasteiger partial charge on any atom is 0.270 e. The first-order valence-corrected chi connectivity index (χ1v) is 8.29. The Hall–Kier alpha value is -2.31. The molecule has 3 rings (SSSR count). The van der Waals surface area contributed by atoms with Crippen molar-refractivity contribution in [3.05, 3.63) is 57.3 Å². The van der Waals surface area contributed by atoms with Gasteiger partial charge in [0.15, 0.2) is 5.11 Å². The van der Waals surface area contributed by atoms with Gasteiger partial charge in [-0.15, -0.1) is 11.3 Å². The third-order valence-electron chi connectivity index (χ3n) is 3.64. The fourth-order valence-corrected chi connectivity index (χ4v) is 3.49. The van der Waals surface area contributed by atoms with Crippen molar-refractivity contribution < 1.29 is 9.59 Å². The second-order valence-electron chi connectivity index (χ2n) is 5.21. The van der Waals surface area contributed by atoms with Gasteiger partial charge in [-0.3, -0.25) is 19.8 Å². The number of anilines is 1. The molecule has 23 heavy (non-hydrogen) atoms. The Morgan fingerprint density at radius 3 is 2.52 bits per heavy atom. The van der Waals surface area contributed by atoms with E-state index in [0.29, 0.717) is 5.69 Å². The number of carbonyl (C=O) groups is 2. The molecule has 1 aromatic carbocycles. The zero-order valence-electron chi connectivity index (χ0n) is 12.6. The van der Waals surface area contributed by atoms with Crippen LogP contribution in [0.15, 0.2) is 41.3 Å². The molecule has 0 atom stereocenters. The van der Waals surface area contributed by atoms with Gasteiger partial charge in [0.05, 0.1) is 5.69 Å². The molecular weight excluding hydrogens is 328 g/mol. The largest absolute Gasteiger partial charge is 0.298 e. The van der Waals surface area contributed by atoms with Gasteiger partial charge in [0.25, 0.3) is 11.8 Å². The number of carbonyl (C=O) groups excluding carboxylic acids is 2. The lowest BCUT2D eigenvalue weighted by Gasteiger charge is -2.29. The summed E-state index contributed by atoms with van der Waals surface area (Å²) in [4.78, 5) is 27.3. The van der Waals surface area contributed by atoms with E-state index in [4.69, 9.17) is 12.2 Å². The Labute approximate surface area is 143 Å². The van der Waals surface area contributed by atoms with E-state index in [0.717, 1.165) is 16.0 Å². The monoisotopic (exact) mass is 342 g/mol. The maximum absolute atomic E-state index is 12.9. The molecule has 1 aliphatic heterocycles. The highest BCUT2D eigenvalue weighted by molar-refractivity contribution is 7.80. The molecule has 6 heteroatoms. The maximum atomic E-state index is 12.9. The molecule has 0 bridgehead atoms. The quantitative estimate of drug-likeness (QED) is 0.518. The molecule has 1 N–H and O–H groups in total. The van der Waals surface area contributed by atoms with Crippen molar-refractivity contribution in [3.8, 4) is 0 Å². The molecule has 0 saturated carbocycles. The minimum absolute atomic E-state index is 0.0902. The SMILES string of the molecule is Cc1ccccc1N1C(=O)C(=Cc2sccc2C)C(=O)NC1=S. The van der Waals surface area contributed by atoms with E-state index in [-0.39, 0.29) is 10.7 Å². The Bertz CT molecular complexity index is 852. The number of thiocarbonyl (C=S) groups is 1. The minimum Gasteiger partial charge on any atom is -0.298 e. The average molecular weight is 342 g/mol. The highest BCUT2D eigenvalue weighted by Gasteiger charge is 2.35. The number of para-hydroxylation sites is 1. The molecule has 0 aliphatic carbocycles. The van der Waals surface area contributed by atoms with Crippen LogP contribution in [-0.2, 0) is 9.59 Å². The van der Waals surface area contributed by atoms with Crippen LogP contribution in [0.4, 0.5) is 5.69 Å². The van der Waals surface area contributed by atoms with Crippen LogP contribution in [0, 0.1) is 13.8 Å². The molecule has 2 heterocycles. The summed E-state index contributed by atoms with van der Waals surface area (Å²) in [5.74, 6) is -0.863. The van der Waals surface area contributed by atoms with Gasteiger partial charge in [-0.05, 0) is 60.8 Å². The Balaban J connectivity index is 2.07. The standard InChI is InChI=1S/C17H14N2O2S2/c1-10-5-3-4-6-13(10)19-16(21)12(15(20)18-17(19)22)9-14-11(2)7-8-23-14/h3-9H,1-2H3,(H,18,20,22). The van der Waals surface area contributed by atoms with Crippen LogP contribution in [0.5, 0.6) is 0 Å². The van der Waals surface area contributed by atoms with Gasteiger partial charge < -0.3 is 0 Å². The summed E-state index contributed by atoms with van der Waals surface area (Å²) in [6, 6.07) is 9.38. The van der Waals surface area contributed by atoms with E-state index >= 15 is 0 Å². The van der Waals surface area contributed by atoms with Crippen LogP contribution in [0.2, 0.25) is 0 Å². The third kappa shape index (κ3) is 2.83. The van der Waals surface area contributed by atoms with Crippen LogP contribution >= 0.6 is 23.6 Å². The van der Waals surface area contributed by atoms with Crippen LogP contribution in [-0.4, -0.2) is 16.9 Å². The zero-order chi connectivity index (χ0) is 16.6. The summed E-state index contributed by atoms with van der Waals surface area (Å²) in [6.07, 6.45) is 1.63. The molecule has 2 amide bonds. The lowest BCUT2D eigenvalue weighted by atomic mass is 10.1. The van der Waals surface area contributed by atoms with Gasteiger partial charge in [0.1, 0.15) is 5.57 Å². The second kappa shape index (κ2) is 6.06. The van der Waals surface area contributed by atoms with Crippen molar-refractivity contribution in [3.63, 3.8) is 0 Å². The molecule has 2 aromatic rings. The van der Waals surface area contributed by atoms with Gasteiger partial charge in [-0.1, -0.05) is 18.2 Å². The molecule has 4 nitrogen and oxygen atoms in total. The average Bonchev–Trinajstić information content (AvgIpc) is 2.90. The predicted molar refractivity (Wildman–Crippen MR) is 96.4 cm³/mol. The highest BCUT2D eigenvalue weighted by atomic mass is 32.1. The number of hydrogen-bond donors (Lipinski definition) is 1. The van der Waals surface area contributed by atoms with Crippen molar-refractivity contribution in [2.45, 2.75) is 13.8 Å². The molecule has 1 aromatic heterocycles. The van der Waals surface area contributed by atoms with E-state index in [1.165, 1.54) is 16.2 Å². The first kappa shape index (κ1) is 15.6. The molecule has 0 radical (unpaired) electrons. The van der Waals surface area contributed by atoms with Crippen LogP contribution < -0.4 is 10.2 Å². The Kier molecular flexibility index (Phi) is 4.11. The molecule has 0 spiro atoms. The first-order valence-electron chi connectivity index (χ1n) is 7.00. The third-order valence-corrected chi connectivity index (χ3v) is 4.89. The van der Waals surface area contributed by atoms with Crippen LogP contribution in [0.1, 0.15) is 16.0 Å². The number of benzene rings is 1. The first-order chi connectivity index (χ1) is 11.0. The van der Waals surface area contributed by atoms with Gasteiger partial charge in [-0.25, -0.2) is 0 Å². The Morgan fingerprint density at radius 2 is 1.87 bits per heavy atom. The number of hydrogen-bond acceptors (Lipinski definition) is 4. The summed E-state index contributed by atoms with van der Waals surface area (Å²) in [6.45, 7) is 3.84. The van der Waals surface area contributed by atoms with Crippen molar-refractivity contribution in [2.24, 2.45) is 0 Å². The fourth-order valence-electron chi connectivity index (χ4n) is 2.35. The summed E-state index contributed by atoms with van der Waals surface area (Å²) in [7, 11) is 0. The van der Waals surface area contributed by atoms with Gasteiger partial charge in [0, 0.05) is 4.88 Å². The normalized spacial score (nSPS) is 16.9. The van der Waals surface area contributed by atoms with Gasteiger partial charge >= 0.3 is 0 Å². The summed E-state index contributed by atoms with van der Waals surface area (Å²) < 4.78 is 0.